The van der Waals surface area contributed by atoms with Crippen LogP contribution in [0.2, 0.25) is 0 Å². The fourth-order valence-corrected chi connectivity index (χ4v) is 4.92. The zero-order valence-electron chi connectivity index (χ0n) is 22.3. The molecule has 5 rings (SSSR count). The monoisotopic (exact) mass is 513 g/mol. The van der Waals surface area contributed by atoms with Gasteiger partial charge in [-0.2, -0.15) is 0 Å². The number of imidazole rings is 1. The molecule has 1 unspecified atom stereocenters. The lowest BCUT2D eigenvalue weighted by atomic mass is 9.96. The van der Waals surface area contributed by atoms with E-state index >= 15 is 0 Å². The van der Waals surface area contributed by atoms with Crippen molar-refractivity contribution < 1.29 is 4.79 Å². The average molecular weight is 514 g/mol. The van der Waals surface area contributed by atoms with Crippen molar-refractivity contribution in [2.75, 3.05) is 45.2 Å². The second-order valence-electron chi connectivity index (χ2n) is 10.1. The molecule has 2 aromatic heterocycles. The lowest BCUT2D eigenvalue weighted by Crippen LogP contribution is -2.44. The average Bonchev–Trinajstić information content (AvgIpc) is 3.33. The van der Waals surface area contributed by atoms with Gasteiger partial charge in [0.1, 0.15) is 17.1 Å². The molecule has 2 aliphatic heterocycles. The van der Waals surface area contributed by atoms with Gasteiger partial charge in [0.2, 0.25) is 0 Å². The normalized spacial score (nSPS) is 18.9. The van der Waals surface area contributed by atoms with E-state index in [4.69, 9.17) is 10.4 Å². The predicted molar refractivity (Wildman–Crippen MR) is 151 cm³/mol. The highest BCUT2D eigenvalue weighted by Gasteiger charge is 2.33. The number of pyridine rings is 1. The van der Waals surface area contributed by atoms with E-state index in [0.29, 0.717) is 22.8 Å². The Morgan fingerprint density at radius 2 is 1.92 bits per heavy atom. The maximum atomic E-state index is 13.5. The molecule has 1 saturated heterocycles. The number of rotatable bonds is 7. The van der Waals surface area contributed by atoms with Gasteiger partial charge in [-0.05, 0) is 43.3 Å². The first-order chi connectivity index (χ1) is 18.4. The highest BCUT2D eigenvalue weighted by molar-refractivity contribution is 6.33. The Morgan fingerprint density at radius 1 is 1.13 bits per heavy atom. The smallest absolute Gasteiger partial charge is 0.261 e. The van der Waals surface area contributed by atoms with Gasteiger partial charge < -0.3 is 30.7 Å². The quantitative estimate of drug-likeness (QED) is 0.329. The third-order valence-corrected chi connectivity index (χ3v) is 7.08. The predicted octanol–water partition coefficient (Wildman–Crippen LogP) is 2.62. The van der Waals surface area contributed by atoms with E-state index in [1.807, 2.05) is 24.3 Å². The number of nitrogens with zero attached hydrogens (tertiary/aromatic N) is 4. The summed E-state index contributed by atoms with van der Waals surface area (Å²) in [6, 6.07) is 11.7. The lowest BCUT2D eigenvalue weighted by molar-refractivity contribution is -0.115. The van der Waals surface area contributed by atoms with E-state index in [9.17, 15) is 4.79 Å². The zero-order valence-corrected chi connectivity index (χ0v) is 22.3. The van der Waals surface area contributed by atoms with Crippen molar-refractivity contribution in [2.24, 2.45) is 5.92 Å². The number of aromatic nitrogens is 3. The van der Waals surface area contributed by atoms with Gasteiger partial charge in [0, 0.05) is 51.3 Å². The summed E-state index contributed by atoms with van der Waals surface area (Å²) < 4.78 is 0. The van der Waals surface area contributed by atoms with Gasteiger partial charge in [-0.1, -0.05) is 19.9 Å². The molecule has 10 heteroatoms. The molecule has 2 aliphatic rings. The molecule has 0 radical (unpaired) electrons. The number of hydrogen-bond acceptors (Lipinski definition) is 8. The number of piperazine rings is 1. The molecule has 1 amide bonds. The van der Waals surface area contributed by atoms with E-state index in [-0.39, 0.29) is 23.6 Å². The first kappa shape index (κ1) is 25.5. The van der Waals surface area contributed by atoms with Crippen LogP contribution in [0, 0.1) is 11.3 Å². The molecule has 198 valence electrons. The number of H-pyrrole nitrogens is 1. The Labute approximate surface area is 222 Å². The first-order valence-corrected chi connectivity index (χ1v) is 13.0. The van der Waals surface area contributed by atoms with Crippen LogP contribution in [0.15, 0.2) is 60.2 Å². The molecule has 1 fully saturated rings. The van der Waals surface area contributed by atoms with Crippen molar-refractivity contribution in [1.29, 1.82) is 5.41 Å². The Balaban J connectivity index is 1.58. The number of fused-ring (bicyclic) bond motifs is 1. The van der Waals surface area contributed by atoms with Crippen molar-refractivity contribution in [3.05, 3.63) is 71.7 Å². The number of hydrogen-bond donors (Lipinski definition) is 5. The third kappa shape index (κ3) is 4.99. The Kier molecular flexibility index (Phi) is 7.15. The number of anilines is 1. The minimum Gasteiger partial charge on any atom is -0.392 e. The van der Waals surface area contributed by atoms with Crippen molar-refractivity contribution in [3.63, 3.8) is 0 Å². The van der Waals surface area contributed by atoms with Gasteiger partial charge in [0.15, 0.2) is 0 Å². The van der Waals surface area contributed by atoms with Crippen LogP contribution in [0.25, 0.3) is 16.6 Å². The van der Waals surface area contributed by atoms with Gasteiger partial charge in [-0.15, -0.1) is 0 Å². The SMILES string of the molecule is CN/C=C1/NC(=O)C(c2nc3ccc(N4CCN(C)CC4)cc3[nH]2)=C(NC(c2ccccn2)C(C)C)C1=N. The van der Waals surface area contributed by atoms with Gasteiger partial charge in [-0.25, -0.2) is 4.98 Å². The summed E-state index contributed by atoms with van der Waals surface area (Å²) in [5.74, 6) is 0.245. The number of carbonyl (C=O) groups excluding carboxylic acids is 1. The maximum Gasteiger partial charge on any atom is 0.261 e. The number of aromatic amines is 1. The number of nitrogens with one attached hydrogen (secondary N) is 5. The summed E-state index contributed by atoms with van der Waals surface area (Å²) in [6.07, 6.45) is 3.37. The highest BCUT2D eigenvalue weighted by atomic mass is 16.1. The van der Waals surface area contributed by atoms with Gasteiger partial charge in [0.05, 0.1) is 34.2 Å². The Morgan fingerprint density at radius 3 is 2.61 bits per heavy atom. The van der Waals surface area contributed by atoms with E-state index < -0.39 is 0 Å². The summed E-state index contributed by atoms with van der Waals surface area (Å²) in [4.78, 5) is 30.9. The standard InChI is InChI=1S/C28H35N9O/c1-17(2)25(20-7-5-6-10-31-20)35-26-23(28(38)34-22(16-30-3)24(26)29)27-32-19-9-8-18(15-21(19)33-27)37-13-11-36(4)12-14-37/h5-10,15-17,25,29-30,35H,11-14H2,1-4H3,(H,32,33)(H,34,38)/b22-16+,29-24?. The second-order valence-corrected chi connectivity index (χ2v) is 10.1. The fourth-order valence-electron chi connectivity index (χ4n) is 4.92. The molecule has 0 bridgehead atoms. The van der Waals surface area contributed by atoms with Crippen LogP contribution in [0.5, 0.6) is 0 Å². The van der Waals surface area contributed by atoms with E-state index in [2.05, 4.69) is 68.7 Å². The summed E-state index contributed by atoms with van der Waals surface area (Å²) in [5.41, 5.74) is 4.88. The van der Waals surface area contributed by atoms with Gasteiger partial charge in [-0.3, -0.25) is 15.2 Å². The van der Waals surface area contributed by atoms with Gasteiger partial charge in [0.25, 0.3) is 5.91 Å². The highest BCUT2D eigenvalue weighted by Crippen LogP contribution is 2.30. The topological polar surface area (TPSA) is 125 Å². The molecule has 1 atom stereocenters. The van der Waals surface area contributed by atoms with Crippen molar-refractivity contribution in [3.8, 4) is 0 Å². The van der Waals surface area contributed by atoms with Gasteiger partial charge >= 0.3 is 0 Å². The van der Waals surface area contributed by atoms with Crippen LogP contribution in [0.1, 0.15) is 31.4 Å². The molecule has 10 nitrogen and oxygen atoms in total. The molecule has 0 aliphatic carbocycles. The molecule has 4 heterocycles. The minimum absolute atomic E-state index is 0.148. The second kappa shape index (κ2) is 10.7. The molecule has 38 heavy (non-hydrogen) atoms. The van der Waals surface area contributed by atoms with Crippen LogP contribution in [0.3, 0.4) is 0 Å². The third-order valence-electron chi connectivity index (χ3n) is 7.08. The largest absolute Gasteiger partial charge is 0.392 e. The molecular weight excluding hydrogens is 478 g/mol. The molecule has 0 spiro atoms. The molecule has 1 aromatic carbocycles. The number of likely N-dealkylation sites (N-methyl/N-ethyl adjacent to an activating group) is 1. The van der Waals surface area contributed by atoms with Crippen LogP contribution >= 0.6 is 0 Å². The molecule has 3 aromatic rings. The Hall–Kier alpha value is -4.18. The van der Waals surface area contributed by atoms with Crippen molar-refractivity contribution in [2.45, 2.75) is 19.9 Å². The van der Waals surface area contributed by atoms with Crippen LogP contribution in [0.4, 0.5) is 5.69 Å². The number of benzene rings is 1. The van der Waals surface area contributed by atoms with Crippen molar-refractivity contribution in [1.82, 2.24) is 35.8 Å². The van der Waals surface area contributed by atoms with E-state index in [1.54, 1.807) is 19.4 Å². The molecule has 0 saturated carbocycles. The minimum atomic E-state index is -0.327. The summed E-state index contributed by atoms with van der Waals surface area (Å²) in [7, 11) is 3.88. The van der Waals surface area contributed by atoms with E-state index in [0.717, 1.165) is 48.6 Å². The fraction of sp³-hybridized carbons (Fsp3) is 0.357. The maximum absolute atomic E-state index is 13.5. The van der Waals surface area contributed by atoms with E-state index in [1.165, 1.54) is 0 Å². The number of amides is 1. The lowest BCUT2D eigenvalue weighted by Gasteiger charge is -2.34. The van der Waals surface area contributed by atoms with Crippen LogP contribution in [-0.2, 0) is 4.79 Å². The summed E-state index contributed by atoms with van der Waals surface area (Å²) >= 11 is 0. The summed E-state index contributed by atoms with van der Waals surface area (Å²) in [5, 5.41) is 18.2. The number of carbonyl (C=O) groups is 1. The first-order valence-electron chi connectivity index (χ1n) is 13.0. The molecular formula is C28H35N9O. The van der Waals surface area contributed by atoms with Crippen LogP contribution < -0.4 is 20.9 Å². The van der Waals surface area contributed by atoms with Crippen molar-refractivity contribution >= 4 is 33.9 Å². The molecule has 5 N–H and O–H groups in total. The Bertz CT molecular complexity index is 1400. The van der Waals surface area contributed by atoms with Crippen LogP contribution in [-0.4, -0.2) is 71.7 Å². The summed E-state index contributed by atoms with van der Waals surface area (Å²) in [6.45, 7) is 8.15. The zero-order chi connectivity index (χ0) is 26.8.